The van der Waals surface area contributed by atoms with E-state index in [4.69, 9.17) is 0 Å². The molecule has 0 N–H and O–H groups in total. The molecule has 1 fully saturated rings. The third kappa shape index (κ3) is 4.09. The van der Waals surface area contributed by atoms with Crippen molar-refractivity contribution in [1.82, 2.24) is 19.9 Å². The molecular weight excluding hydrogens is 347 g/mol. The van der Waals surface area contributed by atoms with Crippen molar-refractivity contribution >= 4 is 11.7 Å². The molecule has 0 spiro atoms. The van der Waals surface area contributed by atoms with E-state index in [-0.39, 0.29) is 23.2 Å². The fourth-order valence-corrected chi connectivity index (χ4v) is 2.71. The summed E-state index contributed by atoms with van der Waals surface area (Å²) in [7, 11) is 1.64. The number of nitrogens with zero attached hydrogens (tertiary/aromatic N) is 5. The summed E-state index contributed by atoms with van der Waals surface area (Å²) in [6.45, 7) is 1.50. The minimum absolute atomic E-state index is 0.0752. The van der Waals surface area contributed by atoms with Gasteiger partial charge in [-0.25, -0.2) is 9.97 Å². The molecule has 2 aromatic heterocycles. The molecule has 6 nitrogen and oxygen atoms in total. The Morgan fingerprint density at radius 3 is 2.69 bits per heavy atom. The first-order valence-corrected chi connectivity index (χ1v) is 8.21. The zero-order chi connectivity index (χ0) is 18.7. The molecule has 9 heteroatoms. The van der Waals surface area contributed by atoms with Crippen LogP contribution in [0.3, 0.4) is 0 Å². The van der Waals surface area contributed by atoms with Crippen molar-refractivity contribution in [3.8, 4) is 11.5 Å². The van der Waals surface area contributed by atoms with E-state index in [1.165, 1.54) is 6.20 Å². The lowest BCUT2D eigenvalue weighted by atomic mass is 10.3. The fraction of sp³-hybridized carbons (Fsp3) is 0.412. The van der Waals surface area contributed by atoms with Gasteiger partial charge in [-0.3, -0.25) is 9.78 Å². The van der Waals surface area contributed by atoms with Crippen molar-refractivity contribution in [2.75, 3.05) is 31.6 Å². The monoisotopic (exact) mass is 365 g/mol. The zero-order valence-electron chi connectivity index (χ0n) is 14.2. The molecule has 3 rings (SSSR count). The predicted molar refractivity (Wildman–Crippen MR) is 89.3 cm³/mol. The zero-order valence-corrected chi connectivity index (χ0v) is 14.2. The summed E-state index contributed by atoms with van der Waals surface area (Å²) >= 11 is 0. The summed E-state index contributed by atoms with van der Waals surface area (Å²) in [5.74, 6) is 0.130. The number of aromatic nitrogens is 3. The van der Waals surface area contributed by atoms with Gasteiger partial charge < -0.3 is 9.80 Å². The minimum atomic E-state index is -4.59. The van der Waals surface area contributed by atoms with Gasteiger partial charge in [-0.1, -0.05) is 6.07 Å². The maximum absolute atomic E-state index is 13.2. The molecule has 0 aromatic carbocycles. The topological polar surface area (TPSA) is 62.2 Å². The first-order valence-electron chi connectivity index (χ1n) is 8.21. The Morgan fingerprint density at radius 2 is 2.08 bits per heavy atom. The molecule has 138 valence electrons. The lowest BCUT2D eigenvalue weighted by molar-refractivity contribution is -0.141. The van der Waals surface area contributed by atoms with Gasteiger partial charge in [-0.05, 0) is 18.6 Å². The average molecular weight is 365 g/mol. The predicted octanol–water partition coefficient (Wildman–Crippen LogP) is 2.62. The van der Waals surface area contributed by atoms with Crippen LogP contribution in [0, 0.1) is 0 Å². The molecule has 0 atom stereocenters. The number of hydrogen-bond donors (Lipinski definition) is 0. The number of alkyl halides is 3. The summed E-state index contributed by atoms with van der Waals surface area (Å²) in [4.78, 5) is 26.9. The average Bonchev–Trinajstić information content (AvgIpc) is 3.04. The van der Waals surface area contributed by atoms with Crippen LogP contribution < -0.4 is 4.90 Å². The summed E-state index contributed by atoms with van der Waals surface area (Å²) in [6.07, 6.45) is -1.77. The molecule has 3 heterocycles. The van der Waals surface area contributed by atoms with Crippen LogP contribution in [-0.2, 0) is 11.0 Å². The van der Waals surface area contributed by atoms with Gasteiger partial charge >= 0.3 is 6.18 Å². The Balaban J connectivity index is 1.86. The molecule has 0 aliphatic carbocycles. The third-order valence-corrected chi connectivity index (χ3v) is 4.16. The standard InChI is InChI=1S/C17H18F3N5O/c1-24(9-10-25-8-4-6-15(25)26)14-11-13(17(18,19)20)22-16(23-14)12-5-2-3-7-21-12/h2-3,5,7,11H,4,6,8-10H2,1H3. The Bertz CT molecular complexity index is 782. The smallest absolute Gasteiger partial charge is 0.358 e. The highest BCUT2D eigenvalue weighted by Gasteiger charge is 2.34. The Labute approximate surface area is 148 Å². The molecule has 1 aliphatic rings. The lowest BCUT2D eigenvalue weighted by Gasteiger charge is -2.23. The Kier molecular flexibility index (Phi) is 5.06. The highest BCUT2D eigenvalue weighted by Crippen LogP contribution is 2.31. The molecule has 1 saturated heterocycles. The van der Waals surface area contributed by atoms with E-state index < -0.39 is 11.9 Å². The molecule has 0 saturated carbocycles. The van der Waals surface area contributed by atoms with E-state index in [1.807, 2.05) is 0 Å². The maximum Gasteiger partial charge on any atom is 0.433 e. The maximum atomic E-state index is 13.2. The van der Waals surface area contributed by atoms with Crippen LogP contribution in [0.15, 0.2) is 30.5 Å². The van der Waals surface area contributed by atoms with Gasteiger partial charge in [0.2, 0.25) is 5.91 Å². The van der Waals surface area contributed by atoms with Gasteiger partial charge in [-0.15, -0.1) is 0 Å². The first kappa shape index (κ1) is 18.1. The second kappa shape index (κ2) is 7.27. The summed E-state index contributed by atoms with van der Waals surface area (Å²) in [6, 6.07) is 5.80. The van der Waals surface area contributed by atoms with E-state index in [1.54, 1.807) is 35.0 Å². The van der Waals surface area contributed by atoms with Crippen LogP contribution in [0.25, 0.3) is 11.5 Å². The fourth-order valence-electron chi connectivity index (χ4n) is 2.71. The summed E-state index contributed by atoms with van der Waals surface area (Å²) in [5, 5.41) is 0. The number of anilines is 1. The van der Waals surface area contributed by atoms with Crippen LogP contribution in [0.5, 0.6) is 0 Å². The van der Waals surface area contributed by atoms with Gasteiger partial charge in [0, 0.05) is 45.4 Å². The van der Waals surface area contributed by atoms with Crippen molar-refractivity contribution in [3.63, 3.8) is 0 Å². The second-order valence-electron chi connectivity index (χ2n) is 6.05. The molecule has 2 aromatic rings. The van der Waals surface area contributed by atoms with E-state index in [0.29, 0.717) is 26.1 Å². The van der Waals surface area contributed by atoms with Crippen molar-refractivity contribution in [2.45, 2.75) is 19.0 Å². The largest absolute Gasteiger partial charge is 0.433 e. The number of hydrogen-bond acceptors (Lipinski definition) is 5. The molecule has 26 heavy (non-hydrogen) atoms. The van der Waals surface area contributed by atoms with Crippen molar-refractivity contribution < 1.29 is 18.0 Å². The number of amides is 1. The third-order valence-electron chi connectivity index (χ3n) is 4.16. The van der Waals surface area contributed by atoms with Gasteiger partial charge in [-0.2, -0.15) is 13.2 Å². The summed E-state index contributed by atoms with van der Waals surface area (Å²) < 4.78 is 39.7. The number of rotatable bonds is 5. The number of halogens is 3. The highest BCUT2D eigenvalue weighted by molar-refractivity contribution is 5.78. The minimum Gasteiger partial charge on any atom is -0.358 e. The van der Waals surface area contributed by atoms with Crippen LogP contribution in [-0.4, -0.2) is 52.4 Å². The van der Waals surface area contributed by atoms with Crippen molar-refractivity contribution in [3.05, 3.63) is 36.2 Å². The van der Waals surface area contributed by atoms with E-state index in [9.17, 15) is 18.0 Å². The van der Waals surface area contributed by atoms with Gasteiger partial charge in [0.15, 0.2) is 11.5 Å². The quantitative estimate of drug-likeness (QED) is 0.815. The molecule has 1 aliphatic heterocycles. The first-order chi connectivity index (χ1) is 12.3. The van der Waals surface area contributed by atoms with E-state index in [2.05, 4.69) is 15.0 Å². The highest BCUT2D eigenvalue weighted by atomic mass is 19.4. The van der Waals surface area contributed by atoms with Crippen LogP contribution in [0.2, 0.25) is 0 Å². The number of carbonyl (C=O) groups is 1. The molecular formula is C17H18F3N5O. The van der Waals surface area contributed by atoms with Gasteiger partial charge in [0.05, 0.1) is 0 Å². The number of likely N-dealkylation sites (tertiary alicyclic amines) is 1. The SMILES string of the molecule is CN(CCN1CCCC1=O)c1cc(C(F)(F)F)nc(-c2ccccn2)n1. The van der Waals surface area contributed by atoms with E-state index in [0.717, 1.165) is 12.5 Å². The van der Waals surface area contributed by atoms with Gasteiger partial charge in [0.25, 0.3) is 0 Å². The molecule has 0 radical (unpaired) electrons. The summed E-state index contributed by atoms with van der Waals surface area (Å²) in [5.41, 5.74) is -0.754. The number of likely N-dealkylation sites (N-methyl/N-ethyl adjacent to an activating group) is 1. The second-order valence-corrected chi connectivity index (χ2v) is 6.05. The van der Waals surface area contributed by atoms with Crippen LogP contribution in [0.4, 0.5) is 19.0 Å². The molecule has 0 bridgehead atoms. The van der Waals surface area contributed by atoms with Crippen molar-refractivity contribution in [2.24, 2.45) is 0 Å². The Hall–Kier alpha value is -2.71. The van der Waals surface area contributed by atoms with Crippen LogP contribution >= 0.6 is 0 Å². The Morgan fingerprint density at radius 1 is 1.27 bits per heavy atom. The number of carbonyl (C=O) groups excluding carboxylic acids is 1. The van der Waals surface area contributed by atoms with E-state index >= 15 is 0 Å². The van der Waals surface area contributed by atoms with Crippen molar-refractivity contribution in [1.29, 1.82) is 0 Å². The normalized spacial score (nSPS) is 14.8. The van der Waals surface area contributed by atoms with Crippen LogP contribution in [0.1, 0.15) is 18.5 Å². The number of pyridine rings is 1. The molecule has 1 amide bonds. The van der Waals surface area contributed by atoms with Gasteiger partial charge in [0.1, 0.15) is 11.5 Å². The molecule has 0 unspecified atom stereocenters. The lowest BCUT2D eigenvalue weighted by Crippen LogP contribution is -2.34.